The van der Waals surface area contributed by atoms with Crippen molar-refractivity contribution in [1.82, 2.24) is 9.36 Å². The monoisotopic (exact) mass is 257 g/mol. The Morgan fingerprint density at radius 1 is 1.44 bits per heavy atom. The van der Waals surface area contributed by atoms with Gasteiger partial charge in [0.05, 0.1) is 5.75 Å². The Balaban J connectivity index is 1.78. The van der Waals surface area contributed by atoms with Gasteiger partial charge in [0, 0.05) is 22.8 Å². The molecule has 90 valence electrons. The van der Waals surface area contributed by atoms with E-state index in [1.165, 1.54) is 37.2 Å². The smallest absolute Gasteiger partial charge is 0.202 e. The average molecular weight is 257 g/mol. The molecule has 1 heterocycles. The molecule has 0 unspecified atom stereocenters. The van der Waals surface area contributed by atoms with E-state index in [2.05, 4.69) is 28.5 Å². The maximum Gasteiger partial charge on any atom is 0.202 e. The van der Waals surface area contributed by atoms with Crippen LogP contribution in [0.25, 0.3) is 0 Å². The van der Waals surface area contributed by atoms with Gasteiger partial charge in [-0.2, -0.15) is 16.1 Å². The quantitative estimate of drug-likeness (QED) is 0.875. The number of thioether (sulfide) groups is 1. The minimum Gasteiger partial charge on any atom is -0.358 e. The summed E-state index contributed by atoms with van der Waals surface area (Å²) in [4.78, 5) is 4.49. The molecule has 0 bridgehead atoms. The Labute approximate surface area is 106 Å². The summed E-state index contributed by atoms with van der Waals surface area (Å²) in [6.07, 6.45) is 5.57. The second kappa shape index (κ2) is 5.87. The van der Waals surface area contributed by atoms with Gasteiger partial charge in [-0.15, -0.1) is 0 Å². The molecule has 2 rings (SSSR count). The largest absolute Gasteiger partial charge is 0.358 e. The summed E-state index contributed by atoms with van der Waals surface area (Å²) in [6.45, 7) is 4.24. The molecule has 0 spiro atoms. The summed E-state index contributed by atoms with van der Waals surface area (Å²) >= 11 is 3.50. The third-order valence-corrected chi connectivity index (χ3v) is 4.68. The van der Waals surface area contributed by atoms with Gasteiger partial charge in [-0.05, 0) is 26.7 Å². The summed E-state index contributed by atoms with van der Waals surface area (Å²) in [7, 11) is 0. The van der Waals surface area contributed by atoms with Crippen LogP contribution in [0.15, 0.2) is 0 Å². The number of nitrogens with one attached hydrogen (secondary N) is 1. The highest BCUT2D eigenvalue weighted by atomic mass is 32.2. The van der Waals surface area contributed by atoms with Crippen LogP contribution >= 0.6 is 23.3 Å². The van der Waals surface area contributed by atoms with E-state index in [1.54, 1.807) is 0 Å². The van der Waals surface area contributed by atoms with Crippen LogP contribution in [0.5, 0.6) is 0 Å². The summed E-state index contributed by atoms with van der Waals surface area (Å²) in [5.74, 6) is 1.96. The standard InChI is InChI=1S/C11H19N3S2/c1-8(2)12-11-13-10(14-16-11)7-15-9-5-3-4-6-9/h8-9H,3-7H2,1-2H3,(H,12,13,14). The summed E-state index contributed by atoms with van der Waals surface area (Å²) < 4.78 is 4.38. The lowest BCUT2D eigenvalue weighted by Gasteiger charge is -2.06. The van der Waals surface area contributed by atoms with Crippen LogP contribution in [0, 0.1) is 0 Å². The minimum absolute atomic E-state index is 0.434. The van der Waals surface area contributed by atoms with Crippen molar-refractivity contribution < 1.29 is 0 Å². The molecule has 1 aromatic rings. The van der Waals surface area contributed by atoms with Gasteiger partial charge in [0.15, 0.2) is 5.82 Å². The lowest BCUT2D eigenvalue weighted by Crippen LogP contribution is -2.09. The summed E-state index contributed by atoms with van der Waals surface area (Å²) in [5, 5.41) is 5.10. The van der Waals surface area contributed by atoms with Gasteiger partial charge in [-0.3, -0.25) is 0 Å². The Morgan fingerprint density at radius 2 is 2.19 bits per heavy atom. The normalized spacial score (nSPS) is 17.2. The molecule has 1 aliphatic carbocycles. The predicted octanol–water partition coefficient (Wildman–Crippen LogP) is 3.53. The lowest BCUT2D eigenvalue weighted by atomic mass is 10.4. The van der Waals surface area contributed by atoms with Crippen LogP contribution in [-0.2, 0) is 5.75 Å². The fourth-order valence-electron chi connectivity index (χ4n) is 1.87. The average Bonchev–Trinajstić information content (AvgIpc) is 2.84. The molecule has 0 saturated heterocycles. The van der Waals surface area contributed by atoms with Crippen molar-refractivity contribution in [1.29, 1.82) is 0 Å². The fraction of sp³-hybridized carbons (Fsp3) is 0.818. The Kier molecular flexibility index (Phi) is 4.46. The van der Waals surface area contributed by atoms with Crippen LogP contribution in [0.3, 0.4) is 0 Å². The van der Waals surface area contributed by atoms with Gasteiger partial charge < -0.3 is 5.32 Å². The van der Waals surface area contributed by atoms with E-state index in [4.69, 9.17) is 0 Å². The van der Waals surface area contributed by atoms with Crippen LogP contribution in [0.1, 0.15) is 45.4 Å². The highest BCUT2D eigenvalue weighted by Crippen LogP contribution is 2.31. The number of hydrogen-bond donors (Lipinski definition) is 1. The van der Waals surface area contributed by atoms with Gasteiger partial charge in [-0.25, -0.2) is 4.98 Å². The van der Waals surface area contributed by atoms with Gasteiger partial charge in [-0.1, -0.05) is 12.8 Å². The molecule has 0 aliphatic heterocycles. The second-order valence-electron chi connectivity index (χ2n) is 4.53. The van der Waals surface area contributed by atoms with Crippen LogP contribution in [0.2, 0.25) is 0 Å². The molecule has 3 nitrogen and oxygen atoms in total. The predicted molar refractivity (Wildman–Crippen MR) is 72.2 cm³/mol. The van der Waals surface area contributed by atoms with Crippen molar-refractivity contribution in [2.75, 3.05) is 5.32 Å². The second-order valence-corrected chi connectivity index (χ2v) is 6.57. The van der Waals surface area contributed by atoms with E-state index < -0.39 is 0 Å². The Morgan fingerprint density at radius 3 is 2.88 bits per heavy atom. The zero-order valence-corrected chi connectivity index (χ0v) is 11.5. The molecule has 1 aliphatic rings. The van der Waals surface area contributed by atoms with E-state index in [-0.39, 0.29) is 0 Å². The first-order valence-electron chi connectivity index (χ1n) is 5.95. The lowest BCUT2D eigenvalue weighted by molar-refractivity contribution is 0.886. The molecule has 0 amide bonds. The van der Waals surface area contributed by atoms with Crippen molar-refractivity contribution in [2.45, 2.75) is 56.6 Å². The SMILES string of the molecule is CC(C)Nc1nc(CSC2CCCC2)ns1. The zero-order valence-electron chi connectivity index (χ0n) is 9.90. The van der Waals surface area contributed by atoms with Crippen molar-refractivity contribution in [2.24, 2.45) is 0 Å². The highest BCUT2D eigenvalue weighted by Gasteiger charge is 2.16. The van der Waals surface area contributed by atoms with Crippen molar-refractivity contribution >= 4 is 28.4 Å². The van der Waals surface area contributed by atoms with E-state index in [0.29, 0.717) is 6.04 Å². The molecule has 5 heteroatoms. The number of hydrogen-bond acceptors (Lipinski definition) is 5. The topological polar surface area (TPSA) is 37.8 Å². The highest BCUT2D eigenvalue weighted by molar-refractivity contribution is 7.99. The maximum absolute atomic E-state index is 4.49. The van der Waals surface area contributed by atoms with E-state index in [9.17, 15) is 0 Å². The van der Waals surface area contributed by atoms with Crippen molar-refractivity contribution in [3.8, 4) is 0 Å². The maximum atomic E-state index is 4.49. The van der Waals surface area contributed by atoms with E-state index in [0.717, 1.165) is 22.0 Å². The number of nitrogens with zero attached hydrogens (tertiary/aromatic N) is 2. The number of rotatable bonds is 5. The molecular formula is C11H19N3S2. The first kappa shape index (κ1) is 12.2. The first-order chi connectivity index (χ1) is 7.74. The molecule has 0 aromatic carbocycles. The van der Waals surface area contributed by atoms with Crippen LogP contribution in [-0.4, -0.2) is 20.6 Å². The third-order valence-electron chi connectivity index (χ3n) is 2.63. The molecule has 0 radical (unpaired) electrons. The van der Waals surface area contributed by atoms with E-state index in [1.807, 2.05) is 11.8 Å². The molecule has 0 atom stereocenters. The summed E-state index contributed by atoms with van der Waals surface area (Å²) in [6, 6.07) is 0.434. The molecule has 1 aromatic heterocycles. The van der Waals surface area contributed by atoms with Crippen LogP contribution < -0.4 is 5.32 Å². The fourth-order valence-corrected chi connectivity index (χ4v) is 3.86. The molecule has 1 saturated carbocycles. The molecular weight excluding hydrogens is 238 g/mol. The molecule has 1 N–H and O–H groups in total. The Bertz CT molecular complexity index is 319. The first-order valence-corrected chi connectivity index (χ1v) is 7.77. The van der Waals surface area contributed by atoms with E-state index >= 15 is 0 Å². The van der Waals surface area contributed by atoms with Gasteiger partial charge in [0.25, 0.3) is 0 Å². The Hall–Kier alpha value is -0.290. The zero-order chi connectivity index (χ0) is 11.4. The van der Waals surface area contributed by atoms with Gasteiger partial charge in [0.2, 0.25) is 5.13 Å². The third kappa shape index (κ3) is 3.63. The van der Waals surface area contributed by atoms with Crippen molar-refractivity contribution in [3.63, 3.8) is 0 Å². The molecule has 16 heavy (non-hydrogen) atoms. The van der Waals surface area contributed by atoms with Gasteiger partial charge >= 0.3 is 0 Å². The number of aromatic nitrogens is 2. The minimum atomic E-state index is 0.434. The van der Waals surface area contributed by atoms with Gasteiger partial charge in [0.1, 0.15) is 0 Å². The van der Waals surface area contributed by atoms with Crippen LogP contribution in [0.4, 0.5) is 5.13 Å². The summed E-state index contributed by atoms with van der Waals surface area (Å²) in [5.41, 5.74) is 0. The molecule has 1 fully saturated rings. The number of anilines is 1. The van der Waals surface area contributed by atoms with Crippen molar-refractivity contribution in [3.05, 3.63) is 5.82 Å².